The van der Waals surface area contributed by atoms with Crippen LogP contribution in [-0.4, -0.2) is 30.4 Å². The van der Waals surface area contributed by atoms with Gasteiger partial charge in [0.2, 0.25) is 5.75 Å². The molecule has 0 bridgehead atoms. The summed E-state index contributed by atoms with van der Waals surface area (Å²) in [5.74, 6) is -0.101. The lowest BCUT2D eigenvalue weighted by Gasteiger charge is -2.06. The molecular formula is C11H14O5. The highest BCUT2D eigenvalue weighted by atomic mass is 16.5. The average Bonchev–Trinajstić information content (AvgIpc) is 2.30. The maximum Gasteiger partial charge on any atom is 0.327 e. The molecule has 1 aromatic rings. The van der Waals surface area contributed by atoms with Crippen LogP contribution in [0.25, 0.3) is 0 Å². The lowest BCUT2D eigenvalue weighted by atomic mass is 10.3. The third kappa shape index (κ3) is 4.36. The monoisotopic (exact) mass is 226 g/mol. The number of carboxylic acid groups (broad SMARTS) is 1. The molecule has 0 aliphatic heterocycles. The van der Waals surface area contributed by atoms with Crippen molar-refractivity contribution < 1.29 is 24.5 Å². The molecule has 0 saturated heterocycles. The van der Waals surface area contributed by atoms with Crippen LogP contribution in [0.1, 0.15) is 0 Å². The number of carboxylic acids is 1. The molecule has 1 aromatic carbocycles. The molecule has 0 fully saturated rings. The van der Waals surface area contributed by atoms with E-state index < -0.39 is 5.97 Å². The number of aromatic hydroxyl groups is 1. The quantitative estimate of drug-likeness (QED) is 0.766. The Morgan fingerprint density at radius 1 is 1.31 bits per heavy atom. The van der Waals surface area contributed by atoms with E-state index in [1.165, 1.54) is 14.2 Å². The standard InChI is InChI=1S/C8H10O3.C3H4O2/c1-10-6-4-3-5-7(11-2)8(6)9;1-2-3(4)5/h3-5,9H,1-2H3;2H,1H2,(H,4,5). The highest BCUT2D eigenvalue weighted by molar-refractivity contribution is 5.78. The average molecular weight is 226 g/mol. The fourth-order valence-electron chi connectivity index (χ4n) is 0.832. The summed E-state index contributed by atoms with van der Waals surface area (Å²) in [5, 5.41) is 16.9. The second kappa shape index (κ2) is 7.17. The summed E-state index contributed by atoms with van der Waals surface area (Å²) >= 11 is 0. The summed E-state index contributed by atoms with van der Waals surface area (Å²) in [7, 11) is 2.99. The summed E-state index contributed by atoms with van der Waals surface area (Å²) in [4.78, 5) is 9.25. The maximum absolute atomic E-state index is 9.34. The minimum atomic E-state index is -0.981. The van der Waals surface area contributed by atoms with Crippen LogP contribution in [0.15, 0.2) is 30.9 Å². The topological polar surface area (TPSA) is 76.0 Å². The van der Waals surface area contributed by atoms with E-state index in [0.717, 1.165) is 6.08 Å². The molecule has 0 aromatic heterocycles. The smallest absolute Gasteiger partial charge is 0.327 e. The summed E-state index contributed by atoms with van der Waals surface area (Å²) < 4.78 is 9.71. The molecule has 0 radical (unpaired) electrons. The van der Waals surface area contributed by atoms with E-state index in [9.17, 15) is 9.90 Å². The fraction of sp³-hybridized carbons (Fsp3) is 0.182. The molecule has 1 rings (SSSR count). The molecule has 0 atom stereocenters. The van der Waals surface area contributed by atoms with Gasteiger partial charge in [-0.2, -0.15) is 0 Å². The fourth-order valence-corrected chi connectivity index (χ4v) is 0.832. The van der Waals surface area contributed by atoms with Gasteiger partial charge >= 0.3 is 5.97 Å². The van der Waals surface area contributed by atoms with E-state index in [1.807, 2.05) is 0 Å². The molecule has 0 amide bonds. The number of phenols is 1. The number of ether oxygens (including phenoxy) is 2. The van der Waals surface area contributed by atoms with Gasteiger partial charge in [0, 0.05) is 6.08 Å². The van der Waals surface area contributed by atoms with Gasteiger partial charge < -0.3 is 19.7 Å². The molecule has 0 saturated carbocycles. The van der Waals surface area contributed by atoms with Crippen molar-refractivity contribution in [3.8, 4) is 17.2 Å². The number of methoxy groups -OCH3 is 2. The molecule has 0 aliphatic rings. The van der Waals surface area contributed by atoms with Crippen LogP contribution in [0.2, 0.25) is 0 Å². The molecule has 5 heteroatoms. The normalized spacial score (nSPS) is 8.38. The lowest BCUT2D eigenvalue weighted by Crippen LogP contribution is -1.87. The predicted octanol–water partition coefficient (Wildman–Crippen LogP) is 1.67. The summed E-state index contributed by atoms with van der Waals surface area (Å²) in [5.41, 5.74) is 0. The zero-order valence-electron chi connectivity index (χ0n) is 9.14. The first-order chi connectivity index (χ1) is 7.56. The maximum atomic E-state index is 9.34. The van der Waals surface area contributed by atoms with Gasteiger partial charge in [0.05, 0.1) is 14.2 Å². The van der Waals surface area contributed by atoms with E-state index >= 15 is 0 Å². The number of aliphatic carboxylic acids is 1. The number of benzene rings is 1. The zero-order valence-corrected chi connectivity index (χ0v) is 9.14. The van der Waals surface area contributed by atoms with Crippen LogP contribution in [0.4, 0.5) is 0 Å². The van der Waals surface area contributed by atoms with Gasteiger partial charge in [-0.1, -0.05) is 12.6 Å². The zero-order chi connectivity index (χ0) is 12.6. The van der Waals surface area contributed by atoms with Gasteiger partial charge in [0.25, 0.3) is 0 Å². The van der Waals surface area contributed by atoms with Crippen molar-refractivity contribution in [2.75, 3.05) is 14.2 Å². The molecule has 88 valence electrons. The van der Waals surface area contributed by atoms with Crippen LogP contribution in [0, 0.1) is 0 Å². The largest absolute Gasteiger partial charge is 0.502 e. The Hall–Kier alpha value is -2.17. The third-order valence-corrected chi connectivity index (χ3v) is 1.58. The Morgan fingerprint density at radius 2 is 1.69 bits per heavy atom. The van der Waals surface area contributed by atoms with Crippen molar-refractivity contribution in [2.45, 2.75) is 0 Å². The van der Waals surface area contributed by atoms with Gasteiger partial charge in [-0.05, 0) is 12.1 Å². The van der Waals surface area contributed by atoms with Gasteiger partial charge in [0.15, 0.2) is 11.5 Å². The minimum absolute atomic E-state index is 0.0394. The number of phenolic OH excluding ortho intramolecular Hbond substituents is 1. The van der Waals surface area contributed by atoms with E-state index in [2.05, 4.69) is 6.58 Å². The van der Waals surface area contributed by atoms with Gasteiger partial charge in [-0.3, -0.25) is 0 Å². The van der Waals surface area contributed by atoms with Crippen LogP contribution in [0.3, 0.4) is 0 Å². The van der Waals surface area contributed by atoms with E-state index in [0.29, 0.717) is 11.5 Å². The Labute approximate surface area is 93.5 Å². The van der Waals surface area contributed by atoms with Gasteiger partial charge in [-0.15, -0.1) is 0 Å². The molecule has 0 unspecified atom stereocenters. The van der Waals surface area contributed by atoms with Crippen molar-refractivity contribution in [3.05, 3.63) is 30.9 Å². The molecule has 16 heavy (non-hydrogen) atoms. The van der Waals surface area contributed by atoms with Gasteiger partial charge in [0.1, 0.15) is 0 Å². The Bertz CT molecular complexity index is 337. The SMILES string of the molecule is C=CC(=O)O.COc1cccc(OC)c1O. The van der Waals surface area contributed by atoms with Crippen molar-refractivity contribution in [1.82, 2.24) is 0 Å². The summed E-state index contributed by atoms with van der Waals surface area (Å²) in [6, 6.07) is 5.08. The summed E-state index contributed by atoms with van der Waals surface area (Å²) in [6.07, 6.45) is 0.833. The predicted molar refractivity (Wildman–Crippen MR) is 59.0 cm³/mol. The molecule has 5 nitrogen and oxygen atoms in total. The van der Waals surface area contributed by atoms with Crippen LogP contribution in [0.5, 0.6) is 17.2 Å². The second-order valence-corrected chi connectivity index (χ2v) is 2.55. The van der Waals surface area contributed by atoms with Gasteiger partial charge in [-0.25, -0.2) is 4.79 Å². The van der Waals surface area contributed by atoms with Crippen LogP contribution in [-0.2, 0) is 4.79 Å². The Balaban J connectivity index is 0.000000385. The van der Waals surface area contributed by atoms with E-state index in [-0.39, 0.29) is 5.75 Å². The van der Waals surface area contributed by atoms with Crippen molar-refractivity contribution in [1.29, 1.82) is 0 Å². The van der Waals surface area contributed by atoms with E-state index in [4.69, 9.17) is 14.6 Å². The number of carbonyl (C=O) groups is 1. The Morgan fingerprint density at radius 3 is 1.94 bits per heavy atom. The van der Waals surface area contributed by atoms with Crippen molar-refractivity contribution in [3.63, 3.8) is 0 Å². The minimum Gasteiger partial charge on any atom is -0.502 e. The second-order valence-electron chi connectivity index (χ2n) is 2.55. The highest BCUT2D eigenvalue weighted by Crippen LogP contribution is 2.34. The molecule has 0 spiro atoms. The van der Waals surface area contributed by atoms with Crippen molar-refractivity contribution in [2.24, 2.45) is 0 Å². The van der Waals surface area contributed by atoms with Crippen LogP contribution < -0.4 is 9.47 Å². The third-order valence-electron chi connectivity index (χ3n) is 1.58. The lowest BCUT2D eigenvalue weighted by molar-refractivity contribution is -0.131. The first kappa shape index (κ1) is 13.8. The molecule has 0 heterocycles. The number of hydrogen-bond acceptors (Lipinski definition) is 4. The first-order valence-corrected chi connectivity index (χ1v) is 4.32. The van der Waals surface area contributed by atoms with Crippen LogP contribution >= 0.6 is 0 Å². The number of para-hydroxylation sites is 1. The molecular weight excluding hydrogens is 212 g/mol. The number of rotatable bonds is 3. The highest BCUT2D eigenvalue weighted by Gasteiger charge is 2.05. The Kier molecular flexibility index (Phi) is 6.19. The number of hydrogen-bond donors (Lipinski definition) is 2. The first-order valence-electron chi connectivity index (χ1n) is 4.32. The summed E-state index contributed by atoms with van der Waals surface area (Å²) in [6.45, 7) is 2.96. The van der Waals surface area contributed by atoms with Crippen molar-refractivity contribution >= 4 is 5.97 Å². The molecule has 0 aliphatic carbocycles. The molecule has 2 N–H and O–H groups in total. The van der Waals surface area contributed by atoms with E-state index in [1.54, 1.807) is 18.2 Å².